The smallest absolute Gasteiger partial charge is 0.114 e. The number of oxime groups is 3. The number of aromatic nitrogens is 6. The van der Waals surface area contributed by atoms with Crippen molar-refractivity contribution in [3.63, 3.8) is 0 Å². The summed E-state index contributed by atoms with van der Waals surface area (Å²) in [7, 11) is 0. The van der Waals surface area contributed by atoms with Gasteiger partial charge in [-0.1, -0.05) is 51.4 Å². The van der Waals surface area contributed by atoms with Gasteiger partial charge in [0.25, 0.3) is 0 Å². The molecule has 0 aliphatic heterocycles. The molecule has 6 heterocycles. The second-order valence-electron chi connectivity index (χ2n) is 9.38. The Bertz CT molecular complexity index is 2130. The van der Waals surface area contributed by atoms with Crippen LogP contribution in [0.4, 0.5) is 0 Å². The van der Waals surface area contributed by atoms with Crippen molar-refractivity contribution >= 4 is 34.6 Å². The second-order valence-corrected chi connectivity index (χ2v) is 10.2. The molecular weight excluding hydrogens is 793 g/mol. The number of halogens is 3. The van der Waals surface area contributed by atoms with Crippen molar-refractivity contribution in [3.05, 3.63) is 178 Å². The molecule has 0 aliphatic carbocycles. The first kappa shape index (κ1) is 45.1. The molecular formula is C39H28BrCl2N9O3-2. The lowest BCUT2D eigenvalue weighted by molar-refractivity contribution is -0.00100. The van der Waals surface area contributed by atoms with Crippen molar-refractivity contribution in [1.29, 1.82) is 0 Å². The molecule has 0 saturated heterocycles. The molecule has 6 aromatic rings. The van der Waals surface area contributed by atoms with Crippen LogP contribution in [0.15, 0.2) is 148 Å². The summed E-state index contributed by atoms with van der Waals surface area (Å²) in [5, 5.41) is 33.6. The van der Waals surface area contributed by atoms with E-state index in [1.807, 2.05) is 42.5 Å². The Morgan fingerprint density at radius 3 is 1.22 bits per heavy atom. The van der Waals surface area contributed by atoms with E-state index in [0.717, 1.165) is 21.3 Å². The van der Waals surface area contributed by atoms with E-state index in [-0.39, 0.29) is 24.8 Å². The Morgan fingerprint density at radius 1 is 0.500 bits per heavy atom. The average molecular weight is 822 g/mol. The van der Waals surface area contributed by atoms with E-state index >= 15 is 0 Å². The fourth-order valence-electron chi connectivity index (χ4n) is 3.45. The number of nitrogens with zero attached hydrogens (tertiary/aromatic N) is 9. The summed E-state index contributed by atoms with van der Waals surface area (Å²) < 4.78 is 0.727. The fourth-order valence-corrected chi connectivity index (χ4v) is 3.81. The van der Waals surface area contributed by atoms with Crippen molar-refractivity contribution in [1.82, 2.24) is 29.9 Å². The Labute approximate surface area is 332 Å². The molecule has 12 nitrogen and oxygen atoms in total. The van der Waals surface area contributed by atoms with Crippen LogP contribution in [-0.4, -0.2) is 64.2 Å². The lowest BCUT2D eigenvalue weighted by Gasteiger charge is -1.92. The molecule has 0 bridgehead atoms. The summed E-state index contributed by atoms with van der Waals surface area (Å²) in [6.07, 6.45) is 19.0. The molecule has 54 heavy (non-hydrogen) atoms. The maximum absolute atomic E-state index is 8.40. The minimum absolute atomic E-state index is 0. The van der Waals surface area contributed by atoms with Crippen LogP contribution in [0.5, 0.6) is 0 Å². The summed E-state index contributed by atoms with van der Waals surface area (Å²) in [5.41, 5.74) is 5.46. The maximum Gasteiger partial charge on any atom is 0.114 e. The highest BCUT2D eigenvalue weighted by Crippen LogP contribution is 2.04. The third kappa shape index (κ3) is 18.9. The first-order chi connectivity index (χ1) is 25.5. The Morgan fingerprint density at radius 2 is 0.889 bits per heavy atom. The zero-order chi connectivity index (χ0) is 37.1. The monoisotopic (exact) mass is 819 g/mol. The van der Waals surface area contributed by atoms with Crippen LogP contribution < -0.4 is 24.8 Å². The quantitative estimate of drug-likeness (QED) is 0.0736. The van der Waals surface area contributed by atoms with E-state index < -0.39 is 0 Å². The largest absolute Gasteiger partial charge is 1.00 e. The van der Waals surface area contributed by atoms with Crippen molar-refractivity contribution in [2.75, 3.05) is 0 Å². The van der Waals surface area contributed by atoms with E-state index in [9.17, 15) is 0 Å². The van der Waals surface area contributed by atoms with Crippen LogP contribution in [0.25, 0.3) is 0 Å². The molecule has 0 unspecified atom stereocenters. The Kier molecular flexibility index (Phi) is 23.1. The summed E-state index contributed by atoms with van der Waals surface area (Å²) in [6.45, 7) is 0. The minimum Gasteiger partial charge on any atom is -1.00 e. The minimum atomic E-state index is 0. The highest BCUT2D eigenvalue weighted by molar-refractivity contribution is 9.10. The van der Waals surface area contributed by atoms with Gasteiger partial charge in [-0.25, -0.2) is 15.0 Å². The van der Waals surface area contributed by atoms with Gasteiger partial charge < -0.3 is 40.4 Å². The van der Waals surface area contributed by atoms with E-state index in [4.69, 9.17) is 22.0 Å². The van der Waals surface area contributed by atoms with Crippen LogP contribution in [0, 0.1) is 36.0 Å². The third-order valence-electron chi connectivity index (χ3n) is 5.67. The Balaban J connectivity index is 0.000000371. The molecule has 3 N–H and O–H groups in total. The van der Waals surface area contributed by atoms with Crippen molar-refractivity contribution in [3.8, 4) is 36.0 Å². The van der Waals surface area contributed by atoms with Crippen LogP contribution in [0.2, 0.25) is 0 Å². The van der Waals surface area contributed by atoms with Crippen LogP contribution in [-0.2, 0) is 0 Å². The van der Waals surface area contributed by atoms with Gasteiger partial charge in [-0.05, 0) is 101 Å². The predicted octanol–water partition coefficient (Wildman–Crippen LogP) is 0.0921. The van der Waals surface area contributed by atoms with Crippen molar-refractivity contribution in [2.45, 2.75) is 0 Å². The zero-order valence-corrected chi connectivity index (χ0v) is 31.0. The zero-order valence-electron chi connectivity index (χ0n) is 27.9. The number of rotatable bonds is 3. The first-order valence-electron chi connectivity index (χ1n) is 14.8. The predicted molar refractivity (Wildman–Crippen MR) is 201 cm³/mol. The summed E-state index contributed by atoms with van der Waals surface area (Å²) >= 11 is 3.18. The maximum atomic E-state index is 8.40. The fraction of sp³-hybridized carbons (Fsp3) is 0. The van der Waals surface area contributed by atoms with Gasteiger partial charge in [0, 0.05) is 53.9 Å². The SMILES string of the molecule is C#Cc1cccnc1.O/N=C\c1cccc(Br)n1.O/N=C\c1cccc(C#Cc2cccnc2)n1.O/N=C\c1cccc(C#Cc2cccnc2)n1.[Cl-].[Cl-]. The van der Waals surface area contributed by atoms with Crippen LogP contribution in [0.3, 0.4) is 0 Å². The molecule has 0 atom stereocenters. The van der Waals surface area contributed by atoms with Gasteiger partial charge in [-0.15, -0.1) is 6.42 Å². The second kappa shape index (κ2) is 27.7. The molecule has 0 spiro atoms. The first-order valence-corrected chi connectivity index (χ1v) is 15.6. The molecule has 0 aromatic carbocycles. The lowest BCUT2D eigenvalue weighted by atomic mass is 10.2. The molecule has 0 radical (unpaired) electrons. The molecule has 6 rings (SSSR count). The molecule has 15 heteroatoms. The number of hydrogen-bond donors (Lipinski definition) is 3. The third-order valence-corrected chi connectivity index (χ3v) is 6.11. The van der Waals surface area contributed by atoms with Gasteiger partial charge in [-0.3, -0.25) is 15.0 Å². The lowest BCUT2D eigenvalue weighted by Crippen LogP contribution is -3.00. The standard InChI is InChI=1S/2C13H9N3O.C7H5N.C6H5BrN2O.2ClH/c2*17-15-10-13-5-1-4-12(16-13)7-6-11-3-2-8-14-9-11;1-2-7-4-3-5-8-6-7;7-6-3-1-2-5(9-6)4-8-10;;/h2*1-5,8-10,17H;1,3-6H;1-4,10H;2*1H/p-2/b2*15-10-;;8-4-;;. The molecule has 6 aromatic heterocycles. The van der Waals surface area contributed by atoms with Crippen LogP contribution >= 0.6 is 15.9 Å². The van der Waals surface area contributed by atoms with Gasteiger partial charge in [0.05, 0.1) is 35.7 Å². The van der Waals surface area contributed by atoms with E-state index in [1.54, 1.807) is 85.7 Å². The number of hydrogen-bond acceptors (Lipinski definition) is 12. The summed E-state index contributed by atoms with van der Waals surface area (Å²) in [4.78, 5) is 24.1. The molecule has 270 valence electrons. The topological polar surface area (TPSA) is 175 Å². The van der Waals surface area contributed by atoms with E-state index in [0.29, 0.717) is 28.5 Å². The highest BCUT2D eigenvalue weighted by Gasteiger charge is 1.94. The average Bonchev–Trinajstić information content (AvgIpc) is 3.19. The summed E-state index contributed by atoms with van der Waals surface area (Å²) in [5.74, 6) is 14.2. The molecule has 0 amide bonds. The van der Waals surface area contributed by atoms with Crippen molar-refractivity contribution < 1.29 is 40.4 Å². The normalized spacial score (nSPS) is 9.33. The highest BCUT2D eigenvalue weighted by atomic mass is 79.9. The molecule has 0 aliphatic rings. The summed E-state index contributed by atoms with van der Waals surface area (Å²) in [6, 6.07) is 27.1. The van der Waals surface area contributed by atoms with Crippen molar-refractivity contribution in [2.24, 2.45) is 15.5 Å². The van der Waals surface area contributed by atoms with Gasteiger partial charge in [0.1, 0.15) is 16.0 Å². The van der Waals surface area contributed by atoms with Gasteiger partial charge in [0.2, 0.25) is 0 Å². The molecule has 0 saturated carbocycles. The van der Waals surface area contributed by atoms with Gasteiger partial charge in [0.15, 0.2) is 0 Å². The number of terminal acetylenes is 1. The molecule has 0 fully saturated rings. The van der Waals surface area contributed by atoms with E-state index in [1.165, 1.54) is 18.6 Å². The van der Waals surface area contributed by atoms with Gasteiger partial charge in [-0.2, -0.15) is 0 Å². The van der Waals surface area contributed by atoms with Crippen LogP contribution in [0.1, 0.15) is 45.2 Å². The van der Waals surface area contributed by atoms with E-state index in [2.05, 4.69) is 90.9 Å². The van der Waals surface area contributed by atoms with Gasteiger partial charge >= 0.3 is 0 Å². The number of pyridine rings is 6. The Hall–Kier alpha value is -6.95.